The summed E-state index contributed by atoms with van der Waals surface area (Å²) in [4.78, 5) is 8.99. The number of aromatic nitrogens is 1. The first-order chi connectivity index (χ1) is 12.5. The van der Waals surface area contributed by atoms with Gasteiger partial charge in [0.1, 0.15) is 5.75 Å². The van der Waals surface area contributed by atoms with E-state index >= 15 is 0 Å². The average molecular weight is 365 g/mol. The summed E-state index contributed by atoms with van der Waals surface area (Å²) in [6, 6.07) is 12.2. The Morgan fingerprint density at radius 2 is 1.73 bits per heavy atom. The number of halogens is 3. The second-order valence-corrected chi connectivity index (χ2v) is 6.38. The van der Waals surface area contributed by atoms with Gasteiger partial charge in [-0.25, -0.2) is 0 Å². The monoisotopic (exact) mass is 365 g/mol. The normalized spacial score (nSPS) is 16.6. The minimum Gasteiger partial charge on any atom is -0.406 e. The zero-order valence-electron chi connectivity index (χ0n) is 14.5. The van der Waals surface area contributed by atoms with E-state index in [-0.39, 0.29) is 5.75 Å². The van der Waals surface area contributed by atoms with E-state index in [2.05, 4.69) is 19.5 Å². The van der Waals surface area contributed by atoms with Crippen molar-refractivity contribution in [2.24, 2.45) is 0 Å². The van der Waals surface area contributed by atoms with Gasteiger partial charge in [-0.2, -0.15) is 0 Å². The van der Waals surface area contributed by atoms with Crippen LogP contribution < -0.4 is 4.74 Å². The Kier molecular flexibility index (Phi) is 6.11. The fourth-order valence-corrected chi connectivity index (χ4v) is 3.09. The molecule has 0 amide bonds. The molecule has 1 aliphatic heterocycles. The van der Waals surface area contributed by atoms with Gasteiger partial charge in [-0.3, -0.25) is 9.88 Å². The van der Waals surface area contributed by atoms with E-state index in [0.29, 0.717) is 6.54 Å². The molecule has 0 radical (unpaired) electrons. The molecule has 7 heteroatoms. The van der Waals surface area contributed by atoms with Crippen molar-refractivity contribution in [3.05, 3.63) is 59.9 Å². The van der Waals surface area contributed by atoms with Gasteiger partial charge in [0.15, 0.2) is 0 Å². The first-order valence-electron chi connectivity index (χ1n) is 8.67. The molecule has 0 unspecified atom stereocenters. The number of piperazine rings is 1. The second kappa shape index (κ2) is 8.51. The van der Waals surface area contributed by atoms with Crippen LogP contribution in [0.5, 0.6) is 5.75 Å². The maximum Gasteiger partial charge on any atom is 0.573 e. The summed E-state index contributed by atoms with van der Waals surface area (Å²) in [6.45, 7) is 5.29. The molecule has 1 aliphatic rings. The molecule has 2 aromatic rings. The van der Waals surface area contributed by atoms with Crippen LogP contribution in [0, 0.1) is 0 Å². The molecule has 0 spiro atoms. The summed E-state index contributed by atoms with van der Waals surface area (Å²) < 4.78 is 41.0. The zero-order valence-corrected chi connectivity index (χ0v) is 14.5. The standard InChI is InChI=1S/C19H22F3N3O/c20-19(21,22)26-18-6-3-4-16(14-18)15-25-12-10-24(11-13-25)9-7-17-5-1-2-8-23-17/h1-6,8,14H,7,9-13,15H2. The highest BCUT2D eigenvalue weighted by molar-refractivity contribution is 5.28. The summed E-state index contributed by atoms with van der Waals surface area (Å²) in [6.07, 6.45) is -1.92. The van der Waals surface area contributed by atoms with Crippen LogP contribution in [-0.4, -0.2) is 53.9 Å². The molecule has 1 fully saturated rings. The first-order valence-corrected chi connectivity index (χ1v) is 8.67. The number of nitrogens with zero attached hydrogens (tertiary/aromatic N) is 3. The Bertz CT molecular complexity index is 686. The quantitative estimate of drug-likeness (QED) is 0.785. The van der Waals surface area contributed by atoms with Crippen molar-refractivity contribution < 1.29 is 17.9 Å². The van der Waals surface area contributed by atoms with E-state index in [1.165, 1.54) is 12.1 Å². The van der Waals surface area contributed by atoms with Gasteiger partial charge < -0.3 is 9.64 Å². The van der Waals surface area contributed by atoms with Crippen molar-refractivity contribution in [3.8, 4) is 5.75 Å². The van der Waals surface area contributed by atoms with Crippen molar-refractivity contribution in [2.75, 3.05) is 32.7 Å². The summed E-state index contributed by atoms with van der Waals surface area (Å²) in [5, 5.41) is 0. The lowest BCUT2D eigenvalue weighted by Crippen LogP contribution is -2.46. The fourth-order valence-electron chi connectivity index (χ4n) is 3.09. The van der Waals surface area contributed by atoms with Crippen LogP contribution in [-0.2, 0) is 13.0 Å². The Morgan fingerprint density at radius 1 is 0.962 bits per heavy atom. The summed E-state index contributed by atoms with van der Waals surface area (Å²) in [5.74, 6) is -0.163. The van der Waals surface area contributed by atoms with Gasteiger partial charge in [-0.05, 0) is 29.8 Å². The topological polar surface area (TPSA) is 28.6 Å². The van der Waals surface area contributed by atoms with Gasteiger partial charge in [0.2, 0.25) is 0 Å². The minimum atomic E-state index is -4.65. The Labute approximate surface area is 151 Å². The maximum atomic E-state index is 12.3. The van der Waals surface area contributed by atoms with E-state index < -0.39 is 6.36 Å². The van der Waals surface area contributed by atoms with Gasteiger partial charge in [-0.1, -0.05) is 18.2 Å². The molecule has 0 aliphatic carbocycles. The molecular weight excluding hydrogens is 343 g/mol. The van der Waals surface area contributed by atoms with E-state index in [1.807, 2.05) is 30.5 Å². The van der Waals surface area contributed by atoms with Crippen molar-refractivity contribution in [3.63, 3.8) is 0 Å². The highest BCUT2D eigenvalue weighted by Gasteiger charge is 2.31. The van der Waals surface area contributed by atoms with Crippen molar-refractivity contribution in [1.82, 2.24) is 14.8 Å². The highest BCUT2D eigenvalue weighted by Crippen LogP contribution is 2.24. The van der Waals surface area contributed by atoms with Crippen LogP contribution in [0.2, 0.25) is 0 Å². The molecule has 26 heavy (non-hydrogen) atoms. The number of ether oxygens (including phenoxy) is 1. The molecule has 3 rings (SSSR count). The van der Waals surface area contributed by atoms with E-state index in [4.69, 9.17) is 0 Å². The third kappa shape index (κ3) is 6.00. The number of rotatable bonds is 6. The molecule has 0 atom stereocenters. The van der Waals surface area contributed by atoms with Crippen LogP contribution in [0.3, 0.4) is 0 Å². The predicted octanol–water partition coefficient (Wildman–Crippen LogP) is 3.34. The fraction of sp³-hybridized carbons (Fsp3) is 0.421. The molecule has 140 valence electrons. The van der Waals surface area contributed by atoms with Crippen LogP contribution in [0.1, 0.15) is 11.3 Å². The van der Waals surface area contributed by atoms with Gasteiger partial charge in [0.25, 0.3) is 0 Å². The van der Waals surface area contributed by atoms with E-state index in [1.54, 1.807) is 6.07 Å². The Balaban J connectivity index is 1.44. The molecule has 4 nitrogen and oxygen atoms in total. The van der Waals surface area contributed by atoms with E-state index in [9.17, 15) is 13.2 Å². The van der Waals surface area contributed by atoms with Crippen LogP contribution in [0.4, 0.5) is 13.2 Å². The molecular formula is C19H22F3N3O. The van der Waals surface area contributed by atoms with Gasteiger partial charge in [0, 0.05) is 57.6 Å². The van der Waals surface area contributed by atoms with Crippen LogP contribution >= 0.6 is 0 Å². The van der Waals surface area contributed by atoms with Gasteiger partial charge >= 0.3 is 6.36 Å². The largest absolute Gasteiger partial charge is 0.573 e. The number of hydrogen-bond donors (Lipinski definition) is 0. The molecule has 1 aromatic carbocycles. The highest BCUT2D eigenvalue weighted by atomic mass is 19.4. The number of pyridine rings is 1. The Hall–Kier alpha value is -2.12. The molecule has 1 saturated heterocycles. The van der Waals surface area contributed by atoms with Gasteiger partial charge in [0.05, 0.1) is 0 Å². The molecule has 0 saturated carbocycles. The summed E-state index contributed by atoms with van der Waals surface area (Å²) in [7, 11) is 0. The lowest BCUT2D eigenvalue weighted by atomic mass is 10.2. The third-order valence-electron chi connectivity index (χ3n) is 4.41. The van der Waals surface area contributed by atoms with Gasteiger partial charge in [-0.15, -0.1) is 13.2 Å². The predicted molar refractivity (Wildman–Crippen MR) is 92.8 cm³/mol. The average Bonchev–Trinajstić information content (AvgIpc) is 2.61. The first kappa shape index (κ1) is 18.7. The summed E-state index contributed by atoms with van der Waals surface area (Å²) in [5.41, 5.74) is 1.92. The third-order valence-corrected chi connectivity index (χ3v) is 4.41. The van der Waals surface area contributed by atoms with Crippen molar-refractivity contribution in [1.29, 1.82) is 0 Å². The molecule has 0 N–H and O–H groups in total. The van der Waals surface area contributed by atoms with Crippen molar-refractivity contribution in [2.45, 2.75) is 19.3 Å². The lowest BCUT2D eigenvalue weighted by molar-refractivity contribution is -0.274. The molecule has 1 aromatic heterocycles. The van der Waals surface area contributed by atoms with Crippen LogP contribution in [0.15, 0.2) is 48.7 Å². The molecule has 0 bridgehead atoms. The SMILES string of the molecule is FC(F)(F)Oc1cccc(CN2CCN(CCc3ccccn3)CC2)c1. The van der Waals surface area contributed by atoms with Crippen molar-refractivity contribution >= 4 is 0 Å². The summed E-state index contributed by atoms with van der Waals surface area (Å²) >= 11 is 0. The number of alkyl halides is 3. The Morgan fingerprint density at radius 3 is 2.42 bits per heavy atom. The molecule has 2 heterocycles. The number of hydrogen-bond acceptors (Lipinski definition) is 4. The smallest absolute Gasteiger partial charge is 0.406 e. The van der Waals surface area contributed by atoms with E-state index in [0.717, 1.165) is 50.4 Å². The van der Waals surface area contributed by atoms with Crippen LogP contribution in [0.25, 0.3) is 0 Å². The number of benzene rings is 1. The maximum absolute atomic E-state index is 12.3. The zero-order chi connectivity index (χ0) is 18.4. The lowest BCUT2D eigenvalue weighted by Gasteiger charge is -2.34. The minimum absolute atomic E-state index is 0.163. The second-order valence-electron chi connectivity index (χ2n) is 6.38.